The van der Waals surface area contributed by atoms with Crippen molar-refractivity contribution in [3.63, 3.8) is 0 Å². The van der Waals surface area contributed by atoms with Crippen LogP contribution in [-0.4, -0.2) is 9.97 Å². The zero-order valence-electron chi connectivity index (χ0n) is 8.92. The topological polar surface area (TPSA) is 52.1 Å². The predicted molar refractivity (Wildman–Crippen MR) is 52.0 cm³/mol. The third-order valence-electron chi connectivity index (χ3n) is 1.81. The van der Waals surface area contributed by atoms with Crippen molar-refractivity contribution in [2.45, 2.75) is 34.1 Å². The fourth-order valence-corrected chi connectivity index (χ4v) is 1.31. The van der Waals surface area contributed by atoms with Crippen LogP contribution in [0.3, 0.4) is 0 Å². The van der Waals surface area contributed by atoms with Crippen LogP contribution in [0.2, 0.25) is 0 Å². The van der Waals surface area contributed by atoms with Crippen LogP contribution in [0.25, 0.3) is 11.4 Å². The summed E-state index contributed by atoms with van der Waals surface area (Å²) in [4.78, 5) is 8.29. The quantitative estimate of drug-likeness (QED) is 0.700. The molecule has 4 heteroatoms. The van der Waals surface area contributed by atoms with Crippen molar-refractivity contribution in [2.24, 2.45) is 5.41 Å². The van der Waals surface area contributed by atoms with E-state index in [1.165, 1.54) is 0 Å². The van der Waals surface area contributed by atoms with Gasteiger partial charge >= 0.3 is 0 Å². The van der Waals surface area contributed by atoms with Gasteiger partial charge in [0.1, 0.15) is 0 Å². The summed E-state index contributed by atoms with van der Waals surface area (Å²) in [5.41, 5.74) is 1.17. The van der Waals surface area contributed by atoms with Gasteiger partial charge in [-0.25, -0.2) is 0 Å². The lowest BCUT2D eigenvalue weighted by Gasteiger charge is -2.14. The van der Waals surface area contributed by atoms with Crippen LogP contribution in [0.5, 0.6) is 0 Å². The van der Waals surface area contributed by atoms with Crippen LogP contribution >= 0.6 is 0 Å². The standard InChI is InChI=1S/C10H14N2O2/c1-6-11-8-9(13-6)12-7(14-8)5-10(2,3)4/h5H2,1-4H3. The molecule has 0 radical (unpaired) electrons. The Hall–Kier alpha value is -1.32. The summed E-state index contributed by atoms with van der Waals surface area (Å²) in [7, 11) is 0. The highest BCUT2D eigenvalue weighted by molar-refractivity contribution is 5.60. The van der Waals surface area contributed by atoms with Crippen LogP contribution in [0.1, 0.15) is 32.6 Å². The summed E-state index contributed by atoms with van der Waals surface area (Å²) in [5.74, 6) is 1.28. The van der Waals surface area contributed by atoms with E-state index >= 15 is 0 Å². The van der Waals surface area contributed by atoms with Gasteiger partial charge in [-0.3, -0.25) is 0 Å². The van der Waals surface area contributed by atoms with E-state index in [2.05, 4.69) is 30.7 Å². The van der Waals surface area contributed by atoms with E-state index in [1.54, 1.807) is 6.92 Å². The Balaban J connectivity index is 2.32. The Kier molecular flexibility index (Phi) is 1.87. The molecule has 2 heterocycles. The molecule has 0 N–H and O–H groups in total. The molecular formula is C10H14N2O2. The van der Waals surface area contributed by atoms with E-state index in [9.17, 15) is 0 Å². The molecular weight excluding hydrogens is 180 g/mol. The lowest BCUT2D eigenvalue weighted by atomic mass is 9.92. The number of hydrogen-bond donors (Lipinski definition) is 0. The highest BCUT2D eigenvalue weighted by Gasteiger charge is 2.18. The first-order valence-electron chi connectivity index (χ1n) is 4.67. The number of hydrogen-bond acceptors (Lipinski definition) is 4. The molecule has 0 spiro atoms. The van der Waals surface area contributed by atoms with Gasteiger partial charge in [0.2, 0.25) is 5.89 Å². The molecule has 0 saturated heterocycles. The SMILES string of the molecule is Cc1nc2oc(CC(C)(C)C)nc2o1. The van der Waals surface area contributed by atoms with Crippen LogP contribution < -0.4 is 0 Å². The smallest absolute Gasteiger partial charge is 0.288 e. The minimum atomic E-state index is 0.164. The summed E-state index contributed by atoms with van der Waals surface area (Å²) in [6.07, 6.45) is 0.790. The molecule has 14 heavy (non-hydrogen) atoms. The summed E-state index contributed by atoms with van der Waals surface area (Å²) in [6.45, 7) is 8.19. The lowest BCUT2D eigenvalue weighted by molar-refractivity contribution is 0.359. The zero-order chi connectivity index (χ0) is 10.3. The number of fused-ring (bicyclic) bond motifs is 1. The van der Waals surface area contributed by atoms with Crippen molar-refractivity contribution >= 4 is 11.4 Å². The lowest BCUT2D eigenvalue weighted by Crippen LogP contribution is -2.09. The Morgan fingerprint density at radius 2 is 1.71 bits per heavy atom. The Labute approximate surface area is 82.3 Å². The Bertz CT molecular complexity index is 417. The minimum absolute atomic E-state index is 0.164. The third-order valence-corrected chi connectivity index (χ3v) is 1.81. The van der Waals surface area contributed by atoms with Gasteiger partial charge < -0.3 is 8.83 Å². The van der Waals surface area contributed by atoms with Gasteiger partial charge in [0.15, 0.2) is 5.89 Å². The zero-order valence-corrected chi connectivity index (χ0v) is 8.92. The molecule has 0 aliphatic carbocycles. The number of aryl methyl sites for hydroxylation is 1. The van der Waals surface area contributed by atoms with E-state index in [4.69, 9.17) is 8.83 Å². The normalized spacial score (nSPS) is 12.6. The molecule has 4 nitrogen and oxygen atoms in total. The van der Waals surface area contributed by atoms with Crippen LogP contribution in [0.15, 0.2) is 8.83 Å². The molecule has 0 amide bonds. The van der Waals surface area contributed by atoms with Crippen LogP contribution in [0.4, 0.5) is 0 Å². The number of oxazole rings is 2. The van der Waals surface area contributed by atoms with Crippen molar-refractivity contribution in [3.05, 3.63) is 11.8 Å². The molecule has 0 aliphatic rings. The molecule has 0 aliphatic heterocycles. The number of nitrogens with zero attached hydrogens (tertiary/aromatic N) is 2. The number of rotatable bonds is 1. The molecule has 76 valence electrons. The van der Waals surface area contributed by atoms with E-state index in [-0.39, 0.29) is 5.41 Å². The largest absolute Gasteiger partial charge is 0.420 e. The first-order valence-corrected chi connectivity index (χ1v) is 4.67. The fourth-order valence-electron chi connectivity index (χ4n) is 1.31. The summed E-state index contributed by atoms with van der Waals surface area (Å²) in [5, 5.41) is 0. The molecule has 2 rings (SSSR count). The van der Waals surface area contributed by atoms with Gasteiger partial charge in [-0.1, -0.05) is 20.8 Å². The fraction of sp³-hybridized carbons (Fsp3) is 0.600. The Morgan fingerprint density at radius 1 is 1.07 bits per heavy atom. The summed E-state index contributed by atoms with van der Waals surface area (Å²) < 4.78 is 10.7. The van der Waals surface area contributed by atoms with E-state index in [0.29, 0.717) is 23.2 Å². The van der Waals surface area contributed by atoms with Gasteiger partial charge in [0, 0.05) is 13.3 Å². The van der Waals surface area contributed by atoms with Gasteiger partial charge in [-0.15, -0.1) is 0 Å². The first-order chi connectivity index (χ1) is 6.44. The molecule has 0 saturated carbocycles. The van der Waals surface area contributed by atoms with Gasteiger partial charge in [-0.05, 0) is 5.41 Å². The molecule has 0 bridgehead atoms. The second-order valence-corrected chi connectivity index (χ2v) is 4.69. The van der Waals surface area contributed by atoms with Gasteiger partial charge in [0.05, 0.1) is 0 Å². The maximum absolute atomic E-state index is 5.45. The van der Waals surface area contributed by atoms with Crippen LogP contribution in [-0.2, 0) is 6.42 Å². The van der Waals surface area contributed by atoms with Crippen molar-refractivity contribution < 1.29 is 8.83 Å². The van der Waals surface area contributed by atoms with Gasteiger partial charge in [0.25, 0.3) is 11.4 Å². The molecule has 0 fully saturated rings. The minimum Gasteiger partial charge on any atom is -0.420 e. The van der Waals surface area contributed by atoms with Crippen LogP contribution in [0, 0.1) is 12.3 Å². The van der Waals surface area contributed by atoms with Crippen molar-refractivity contribution in [3.8, 4) is 0 Å². The van der Waals surface area contributed by atoms with Crippen molar-refractivity contribution in [2.75, 3.05) is 0 Å². The molecule has 2 aromatic rings. The average Bonchev–Trinajstić information content (AvgIpc) is 2.39. The van der Waals surface area contributed by atoms with E-state index in [0.717, 1.165) is 6.42 Å². The maximum Gasteiger partial charge on any atom is 0.288 e. The summed E-state index contributed by atoms with van der Waals surface area (Å²) in [6, 6.07) is 0. The monoisotopic (exact) mass is 194 g/mol. The van der Waals surface area contributed by atoms with Gasteiger partial charge in [-0.2, -0.15) is 9.97 Å². The second kappa shape index (κ2) is 2.83. The molecule has 0 atom stereocenters. The first kappa shape index (κ1) is 9.24. The van der Waals surface area contributed by atoms with E-state index < -0.39 is 0 Å². The maximum atomic E-state index is 5.45. The average molecular weight is 194 g/mol. The third kappa shape index (κ3) is 1.78. The van der Waals surface area contributed by atoms with Crippen molar-refractivity contribution in [1.29, 1.82) is 0 Å². The highest BCUT2D eigenvalue weighted by atomic mass is 16.4. The number of aromatic nitrogens is 2. The van der Waals surface area contributed by atoms with E-state index in [1.807, 2.05) is 0 Å². The molecule has 0 unspecified atom stereocenters. The Morgan fingerprint density at radius 3 is 2.29 bits per heavy atom. The second-order valence-electron chi connectivity index (χ2n) is 4.69. The summed E-state index contributed by atoms with van der Waals surface area (Å²) >= 11 is 0. The highest BCUT2D eigenvalue weighted by Crippen LogP contribution is 2.23. The molecule has 2 aromatic heterocycles. The molecule has 0 aromatic carbocycles. The predicted octanol–water partition coefficient (Wildman–Crippen LogP) is 2.71. The van der Waals surface area contributed by atoms with Crippen molar-refractivity contribution in [1.82, 2.24) is 9.97 Å².